The standard InChI is InChI=1S/C14H17NOS/c1-11(15-10-14-4-3-9-17-14)12-5-7-13(16-2)8-6-12/h3-9,11,15H,10H2,1-2H3. The fourth-order valence-corrected chi connectivity index (χ4v) is 2.33. The van der Waals surface area contributed by atoms with E-state index in [1.54, 1.807) is 18.4 Å². The number of hydrogen-bond acceptors (Lipinski definition) is 3. The van der Waals surface area contributed by atoms with Crippen LogP contribution in [0.15, 0.2) is 41.8 Å². The lowest BCUT2D eigenvalue weighted by atomic mass is 10.1. The molecule has 1 aromatic carbocycles. The van der Waals surface area contributed by atoms with Crippen molar-refractivity contribution in [1.82, 2.24) is 5.32 Å². The number of benzene rings is 1. The van der Waals surface area contributed by atoms with E-state index in [2.05, 4.69) is 41.9 Å². The summed E-state index contributed by atoms with van der Waals surface area (Å²) in [7, 11) is 1.69. The van der Waals surface area contributed by atoms with Crippen LogP contribution in [0.25, 0.3) is 0 Å². The number of thiophene rings is 1. The van der Waals surface area contributed by atoms with Crippen LogP contribution in [-0.2, 0) is 6.54 Å². The Morgan fingerprint density at radius 1 is 1.24 bits per heavy atom. The Labute approximate surface area is 106 Å². The first-order chi connectivity index (χ1) is 8.29. The van der Waals surface area contributed by atoms with Crippen LogP contribution in [0.2, 0.25) is 0 Å². The van der Waals surface area contributed by atoms with Crippen LogP contribution in [0, 0.1) is 0 Å². The lowest BCUT2D eigenvalue weighted by molar-refractivity contribution is 0.414. The van der Waals surface area contributed by atoms with Gasteiger partial charge in [0.05, 0.1) is 7.11 Å². The third kappa shape index (κ3) is 3.32. The summed E-state index contributed by atoms with van der Waals surface area (Å²) >= 11 is 1.78. The summed E-state index contributed by atoms with van der Waals surface area (Å²) < 4.78 is 5.15. The molecule has 1 heterocycles. The average Bonchev–Trinajstić information content (AvgIpc) is 2.89. The number of nitrogens with one attached hydrogen (secondary N) is 1. The van der Waals surface area contributed by atoms with Gasteiger partial charge in [0.15, 0.2) is 0 Å². The van der Waals surface area contributed by atoms with Crippen molar-refractivity contribution in [2.45, 2.75) is 19.5 Å². The summed E-state index contributed by atoms with van der Waals surface area (Å²) in [6, 6.07) is 12.8. The lowest BCUT2D eigenvalue weighted by Gasteiger charge is -2.14. The van der Waals surface area contributed by atoms with E-state index in [1.165, 1.54) is 10.4 Å². The molecule has 0 radical (unpaired) electrons. The molecule has 1 aromatic heterocycles. The third-order valence-electron chi connectivity index (χ3n) is 2.78. The zero-order chi connectivity index (χ0) is 12.1. The van der Waals surface area contributed by atoms with Crippen LogP contribution >= 0.6 is 11.3 Å². The van der Waals surface area contributed by atoms with Gasteiger partial charge in [-0.05, 0) is 36.1 Å². The molecule has 0 saturated carbocycles. The fraction of sp³-hybridized carbons (Fsp3) is 0.286. The average molecular weight is 247 g/mol. The van der Waals surface area contributed by atoms with E-state index < -0.39 is 0 Å². The Balaban J connectivity index is 1.92. The van der Waals surface area contributed by atoms with Crippen LogP contribution in [0.5, 0.6) is 5.75 Å². The smallest absolute Gasteiger partial charge is 0.118 e. The second-order valence-corrected chi connectivity index (χ2v) is 4.99. The number of ether oxygens (including phenoxy) is 1. The molecule has 0 bridgehead atoms. The monoisotopic (exact) mass is 247 g/mol. The molecule has 0 spiro atoms. The molecule has 2 rings (SSSR count). The number of methoxy groups -OCH3 is 1. The molecular formula is C14H17NOS. The second-order valence-electron chi connectivity index (χ2n) is 3.96. The molecule has 0 aliphatic heterocycles. The third-order valence-corrected chi connectivity index (χ3v) is 3.65. The van der Waals surface area contributed by atoms with Crippen molar-refractivity contribution in [3.05, 3.63) is 52.2 Å². The molecule has 0 aliphatic carbocycles. The molecule has 1 atom stereocenters. The minimum Gasteiger partial charge on any atom is -0.497 e. The molecule has 90 valence electrons. The molecular weight excluding hydrogens is 230 g/mol. The molecule has 0 amide bonds. The Morgan fingerprint density at radius 3 is 2.59 bits per heavy atom. The highest BCUT2D eigenvalue weighted by Gasteiger charge is 2.05. The normalized spacial score (nSPS) is 12.4. The summed E-state index contributed by atoms with van der Waals surface area (Å²) in [4.78, 5) is 1.37. The van der Waals surface area contributed by atoms with Crippen LogP contribution in [0.1, 0.15) is 23.4 Å². The zero-order valence-corrected chi connectivity index (χ0v) is 11.0. The molecule has 2 aromatic rings. The van der Waals surface area contributed by atoms with Gasteiger partial charge in [-0.25, -0.2) is 0 Å². The summed E-state index contributed by atoms with van der Waals surface area (Å²) in [6.07, 6.45) is 0. The van der Waals surface area contributed by atoms with Crippen molar-refractivity contribution in [2.24, 2.45) is 0 Å². The first-order valence-corrected chi connectivity index (χ1v) is 6.57. The van der Waals surface area contributed by atoms with Gasteiger partial charge in [-0.1, -0.05) is 18.2 Å². The van der Waals surface area contributed by atoms with Crippen molar-refractivity contribution in [2.75, 3.05) is 7.11 Å². The highest BCUT2D eigenvalue weighted by molar-refractivity contribution is 7.09. The van der Waals surface area contributed by atoms with Gasteiger partial charge in [0.1, 0.15) is 5.75 Å². The van der Waals surface area contributed by atoms with Crippen molar-refractivity contribution < 1.29 is 4.74 Å². The van der Waals surface area contributed by atoms with Crippen LogP contribution < -0.4 is 10.1 Å². The van der Waals surface area contributed by atoms with E-state index in [-0.39, 0.29) is 0 Å². The Kier molecular flexibility index (Phi) is 4.18. The van der Waals surface area contributed by atoms with Crippen LogP contribution in [0.3, 0.4) is 0 Å². The van der Waals surface area contributed by atoms with Gasteiger partial charge in [0.25, 0.3) is 0 Å². The maximum Gasteiger partial charge on any atom is 0.118 e. The molecule has 0 fully saturated rings. The summed E-state index contributed by atoms with van der Waals surface area (Å²) in [5.41, 5.74) is 1.28. The van der Waals surface area contributed by atoms with Crippen molar-refractivity contribution in [3.63, 3.8) is 0 Å². The molecule has 2 nitrogen and oxygen atoms in total. The Bertz CT molecular complexity index is 436. The van der Waals surface area contributed by atoms with E-state index in [9.17, 15) is 0 Å². The largest absolute Gasteiger partial charge is 0.497 e. The highest BCUT2D eigenvalue weighted by Crippen LogP contribution is 2.18. The van der Waals surface area contributed by atoms with Gasteiger partial charge in [-0.2, -0.15) is 0 Å². The first kappa shape index (κ1) is 12.1. The maximum absolute atomic E-state index is 5.15. The molecule has 1 N–H and O–H groups in total. The lowest BCUT2D eigenvalue weighted by Crippen LogP contribution is -2.17. The summed E-state index contributed by atoms with van der Waals surface area (Å²) in [5.74, 6) is 0.902. The summed E-state index contributed by atoms with van der Waals surface area (Å²) in [6.45, 7) is 3.10. The number of hydrogen-bond donors (Lipinski definition) is 1. The zero-order valence-electron chi connectivity index (χ0n) is 10.1. The van der Waals surface area contributed by atoms with Crippen molar-refractivity contribution in [3.8, 4) is 5.75 Å². The van der Waals surface area contributed by atoms with Crippen molar-refractivity contribution in [1.29, 1.82) is 0 Å². The van der Waals surface area contributed by atoms with Crippen LogP contribution in [0.4, 0.5) is 0 Å². The minimum absolute atomic E-state index is 0.350. The molecule has 3 heteroatoms. The topological polar surface area (TPSA) is 21.3 Å². The highest BCUT2D eigenvalue weighted by atomic mass is 32.1. The molecule has 1 unspecified atom stereocenters. The second kappa shape index (κ2) is 5.84. The Hall–Kier alpha value is -1.32. The van der Waals surface area contributed by atoms with Gasteiger partial charge < -0.3 is 10.1 Å². The quantitative estimate of drug-likeness (QED) is 0.871. The molecule has 17 heavy (non-hydrogen) atoms. The first-order valence-electron chi connectivity index (χ1n) is 5.69. The van der Waals surface area contributed by atoms with E-state index in [1.807, 2.05) is 12.1 Å². The van der Waals surface area contributed by atoms with Gasteiger partial charge >= 0.3 is 0 Å². The van der Waals surface area contributed by atoms with Gasteiger partial charge in [0.2, 0.25) is 0 Å². The van der Waals surface area contributed by atoms with Gasteiger partial charge in [-0.3, -0.25) is 0 Å². The predicted molar refractivity (Wildman–Crippen MR) is 72.6 cm³/mol. The van der Waals surface area contributed by atoms with Crippen molar-refractivity contribution >= 4 is 11.3 Å². The molecule has 0 saturated heterocycles. The van der Waals surface area contributed by atoms with Gasteiger partial charge in [0, 0.05) is 17.5 Å². The van der Waals surface area contributed by atoms with Gasteiger partial charge in [-0.15, -0.1) is 11.3 Å². The minimum atomic E-state index is 0.350. The molecule has 0 aliphatic rings. The SMILES string of the molecule is COc1ccc(C(C)NCc2cccs2)cc1. The van der Waals surface area contributed by atoms with E-state index in [0.29, 0.717) is 6.04 Å². The number of rotatable bonds is 5. The maximum atomic E-state index is 5.15. The van der Waals surface area contributed by atoms with E-state index >= 15 is 0 Å². The van der Waals surface area contributed by atoms with Crippen LogP contribution in [-0.4, -0.2) is 7.11 Å². The predicted octanol–water partition coefficient (Wildman–Crippen LogP) is 3.61. The van der Waals surface area contributed by atoms with E-state index in [4.69, 9.17) is 4.74 Å². The Morgan fingerprint density at radius 2 is 2.00 bits per heavy atom. The fourth-order valence-electron chi connectivity index (χ4n) is 1.68. The summed E-state index contributed by atoms with van der Waals surface area (Å²) in [5, 5.41) is 5.61. The van der Waals surface area contributed by atoms with E-state index in [0.717, 1.165) is 12.3 Å².